The fourth-order valence-corrected chi connectivity index (χ4v) is 7.79. The molecule has 0 saturated carbocycles. The predicted octanol–water partition coefficient (Wildman–Crippen LogP) is 1.09. The molecule has 2 atom stereocenters. The first kappa shape index (κ1) is 8.35. The van der Waals surface area contributed by atoms with E-state index in [1.807, 2.05) is 13.8 Å². The molecule has 1 saturated heterocycles. The van der Waals surface area contributed by atoms with E-state index in [-0.39, 0.29) is 6.04 Å². The Kier molecular flexibility index (Phi) is 2.59. The second kappa shape index (κ2) is 3.10. The first-order valence-corrected chi connectivity index (χ1v) is 7.22. The van der Waals surface area contributed by atoms with Crippen molar-refractivity contribution in [3.05, 3.63) is 0 Å². The summed E-state index contributed by atoms with van der Waals surface area (Å²) in [6.45, 7) is 3.76. The molecule has 60 valence electrons. The average Bonchev–Trinajstić information content (AvgIpc) is 2.11. The summed E-state index contributed by atoms with van der Waals surface area (Å²) in [7, 11) is -4.52. The molecular weight excluding hydrogens is 168 g/mol. The maximum atomic E-state index is 12.9. The topological polar surface area (TPSA) is 3.24 Å². The minimum atomic E-state index is -2.26. The molecule has 0 aliphatic carbocycles. The van der Waals surface area contributed by atoms with E-state index in [0.717, 1.165) is 0 Å². The molecule has 1 nitrogen and oxygen atoms in total. The molecule has 0 amide bonds. The van der Waals surface area contributed by atoms with Crippen LogP contribution in [-0.4, -0.2) is 28.9 Å². The molecule has 10 heavy (non-hydrogen) atoms. The molecule has 0 spiro atoms. The van der Waals surface area contributed by atoms with Gasteiger partial charge in [0.05, 0.1) is 0 Å². The van der Waals surface area contributed by atoms with Crippen molar-refractivity contribution in [2.75, 3.05) is 0 Å². The Bertz CT molecular complexity index is 112. The van der Waals surface area contributed by atoms with Crippen LogP contribution < -0.4 is 0 Å². The van der Waals surface area contributed by atoms with Crippen molar-refractivity contribution in [2.45, 2.75) is 32.0 Å². The first-order chi connectivity index (χ1) is 4.63. The van der Waals surface area contributed by atoms with Gasteiger partial charge in [0.15, 0.2) is 0 Å². The average molecular weight is 181 g/mol. The number of hydrogen-bond acceptors (Lipinski definition) is 1. The van der Waals surface area contributed by atoms with Crippen LogP contribution >= 0.6 is 0 Å². The van der Waals surface area contributed by atoms with Crippen molar-refractivity contribution in [1.29, 1.82) is 0 Å². The molecule has 1 aliphatic rings. The van der Waals surface area contributed by atoms with Gasteiger partial charge < -0.3 is 0 Å². The predicted molar refractivity (Wildman–Crippen MR) is 43.1 cm³/mol. The van der Waals surface area contributed by atoms with Crippen LogP contribution in [0.2, 0.25) is 12.1 Å². The SMILES string of the molecule is CC(C)N1[SiH](F)CC[SiH]1F. The molecular formula is C5H13F2NSi2. The lowest BCUT2D eigenvalue weighted by Gasteiger charge is -2.23. The van der Waals surface area contributed by atoms with Gasteiger partial charge in [-0.05, 0) is 18.1 Å². The van der Waals surface area contributed by atoms with Crippen molar-refractivity contribution in [2.24, 2.45) is 0 Å². The van der Waals surface area contributed by atoms with E-state index < -0.39 is 18.6 Å². The molecule has 0 aromatic rings. The molecule has 1 rings (SSSR count). The number of nitrogens with zero attached hydrogens (tertiary/aromatic N) is 1. The Labute approximate surface area is 63.7 Å². The zero-order valence-corrected chi connectivity index (χ0v) is 8.66. The number of hydrogen-bond donors (Lipinski definition) is 0. The second-order valence-electron chi connectivity index (χ2n) is 2.99. The van der Waals surface area contributed by atoms with E-state index in [1.54, 1.807) is 4.23 Å². The van der Waals surface area contributed by atoms with E-state index in [4.69, 9.17) is 0 Å². The monoisotopic (exact) mass is 181 g/mol. The highest BCUT2D eigenvalue weighted by molar-refractivity contribution is 6.70. The lowest BCUT2D eigenvalue weighted by atomic mass is 10.4. The van der Waals surface area contributed by atoms with Gasteiger partial charge in [0.25, 0.3) is 0 Å². The van der Waals surface area contributed by atoms with Gasteiger partial charge in [0, 0.05) is 0 Å². The smallest absolute Gasteiger partial charge is 0.298 e. The van der Waals surface area contributed by atoms with Gasteiger partial charge in [-0.2, -0.15) is 0 Å². The fraction of sp³-hybridized carbons (Fsp3) is 1.00. The van der Waals surface area contributed by atoms with Crippen molar-refractivity contribution in [3.8, 4) is 0 Å². The summed E-state index contributed by atoms with van der Waals surface area (Å²) >= 11 is 0. The number of rotatable bonds is 1. The second-order valence-corrected chi connectivity index (χ2v) is 7.67. The van der Waals surface area contributed by atoms with Gasteiger partial charge in [-0.25, -0.2) is 0 Å². The molecule has 0 aromatic heterocycles. The van der Waals surface area contributed by atoms with Crippen molar-refractivity contribution < 1.29 is 8.22 Å². The lowest BCUT2D eigenvalue weighted by molar-refractivity contribution is 0.471. The Morgan fingerprint density at radius 2 is 1.60 bits per heavy atom. The molecule has 1 heterocycles. The Balaban J connectivity index is 2.54. The van der Waals surface area contributed by atoms with Gasteiger partial charge in [-0.15, -0.1) is 0 Å². The molecule has 1 aliphatic heterocycles. The Morgan fingerprint density at radius 3 is 1.80 bits per heavy atom. The van der Waals surface area contributed by atoms with Gasteiger partial charge in [-0.1, -0.05) is 13.8 Å². The minimum absolute atomic E-state index is 0.103. The largest absolute Gasteiger partial charge is 0.302 e. The van der Waals surface area contributed by atoms with Crippen molar-refractivity contribution >= 4 is 18.6 Å². The lowest BCUT2D eigenvalue weighted by Crippen LogP contribution is -2.42. The molecule has 0 N–H and O–H groups in total. The Hall–Kier alpha value is 0.254. The van der Waals surface area contributed by atoms with Crippen molar-refractivity contribution in [1.82, 2.24) is 4.23 Å². The molecule has 0 bridgehead atoms. The third kappa shape index (κ3) is 1.46. The summed E-state index contributed by atoms with van der Waals surface area (Å²) in [5.41, 5.74) is 0. The highest BCUT2D eigenvalue weighted by atomic mass is 28.4. The summed E-state index contributed by atoms with van der Waals surface area (Å²) in [4.78, 5) is 0. The summed E-state index contributed by atoms with van der Waals surface area (Å²) in [5, 5.41) is 0. The molecule has 0 aromatic carbocycles. The molecule has 5 heteroatoms. The zero-order valence-electron chi connectivity index (χ0n) is 6.35. The number of halogens is 2. The highest BCUT2D eigenvalue weighted by Gasteiger charge is 2.38. The summed E-state index contributed by atoms with van der Waals surface area (Å²) in [6, 6.07) is 1.20. The maximum Gasteiger partial charge on any atom is 0.302 e. The summed E-state index contributed by atoms with van der Waals surface area (Å²) < 4.78 is 27.5. The minimum Gasteiger partial charge on any atom is -0.298 e. The molecule has 2 unspecified atom stereocenters. The van der Waals surface area contributed by atoms with Crippen molar-refractivity contribution in [3.63, 3.8) is 0 Å². The first-order valence-electron chi connectivity index (χ1n) is 3.68. The van der Waals surface area contributed by atoms with E-state index in [1.165, 1.54) is 0 Å². The normalized spacial score (nSPS) is 35.7. The van der Waals surface area contributed by atoms with E-state index >= 15 is 0 Å². The molecule has 1 fully saturated rings. The van der Waals surface area contributed by atoms with Crippen LogP contribution in [-0.2, 0) is 0 Å². The van der Waals surface area contributed by atoms with Gasteiger partial charge in [-0.3, -0.25) is 12.4 Å². The standard InChI is InChI=1S/C5H13F2NSi2/c1-5(2)8-9(6)3-4-10(8)7/h5,9-10H,3-4H2,1-2H3. The fourth-order valence-electron chi connectivity index (χ4n) is 1.40. The van der Waals surface area contributed by atoms with Crippen LogP contribution in [0.25, 0.3) is 0 Å². The highest BCUT2D eigenvalue weighted by Crippen LogP contribution is 2.23. The van der Waals surface area contributed by atoms with Gasteiger partial charge >= 0.3 is 18.6 Å². The van der Waals surface area contributed by atoms with Gasteiger partial charge in [0.1, 0.15) is 0 Å². The van der Waals surface area contributed by atoms with Crippen LogP contribution in [0, 0.1) is 0 Å². The van der Waals surface area contributed by atoms with Crippen LogP contribution in [0.4, 0.5) is 8.22 Å². The summed E-state index contributed by atoms with van der Waals surface area (Å²) in [5.74, 6) is 0. The van der Waals surface area contributed by atoms with Crippen LogP contribution in [0.15, 0.2) is 0 Å². The van der Waals surface area contributed by atoms with E-state index in [9.17, 15) is 8.22 Å². The maximum absolute atomic E-state index is 12.9. The van der Waals surface area contributed by atoms with E-state index in [2.05, 4.69) is 0 Å². The van der Waals surface area contributed by atoms with Crippen LogP contribution in [0.3, 0.4) is 0 Å². The third-order valence-corrected chi connectivity index (χ3v) is 8.60. The molecule has 0 radical (unpaired) electrons. The zero-order chi connectivity index (χ0) is 7.72. The van der Waals surface area contributed by atoms with Crippen LogP contribution in [0.5, 0.6) is 0 Å². The van der Waals surface area contributed by atoms with Gasteiger partial charge in [0.2, 0.25) is 0 Å². The van der Waals surface area contributed by atoms with Crippen LogP contribution in [0.1, 0.15) is 13.8 Å². The summed E-state index contributed by atoms with van der Waals surface area (Å²) in [6.07, 6.45) is 0. The quantitative estimate of drug-likeness (QED) is 0.432. The third-order valence-electron chi connectivity index (χ3n) is 1.89. The Morgan fingerprint density at radius 1 is 1.20 bits per heavy atom. The van der Waals surface area contributed by atoms with E-state index in [0.29, 0.717) is 12.1 Å².